The third-order valence-corrected chi connectivity index (χ3v) is 4.05. The van der Waals surface area contributed by atoms with E-state index < -0.39 is 0 Å². The maximum Gasteiger partial charge on any atom is 0.308 e. The molecule has 0 amide bonds. The van der Waals surface area contributed by atoms with E-state index in [9.17, 15) is 9.59 Å². The van der Waals surface area contributed by atoms with Gasteiger partial charge in [-0.05, 0) is 18.8 Å². The zero-order chi connectivity index (χ0) is 10.7. The molecule has 0 aliphatic heterocycles. The number of methoxy groups -OCH3 is 1. The number of ketones is 1. The smallest absolute Gasteiger partial charge is 0.308 e. The minimum atomic E-state index is -0.228. The predicted molar refractivity (Wildman–Crippen MR) is 56.2 cm³/mol. The number of alkyl halides is 1. The summed E-state index contributed by atoms with van der Waals surface area (Å²) in [4.78, 5) is 22.6. The highest BCUT2D eigenvalue weighted by Gasteiger charge is 2.36. The lowest BCUT2D eigenvalue weighted by Gasteiger charge is -2.29. The summed E-state index contributed by atoms with van der Waals surface area (Å²) in [6, 6.07) is 0. The Morgan fingerprint density at radius 2 is 2.29 bits per heavy atom. The Morgan fingerprint density at radius 3 is 2.86 bits per heavy atom. The normalized spacial score (nSPS) is 29.8. The Balaban J connectivity index is 2.66. The largest absolute Gasteiger partial charge is 0.469 e. The first kappa shape index (κ1) is 11.7. The lowest BCUT2D eigenvalue weighted by atomic mass is 9.80. The van der Waals surface area contributed by atoms with Crippen LogP contribution in [0.5, 0.6) is 0 Å². The molecule has 0 N–H and O–H groups in total. The summed E-state index contributed by atoms with van der Waals surface area (Å²) in [5, 5.41) is 0. The van der Waals surface area contributed by atoms with E-state index in [1.165, 1.54) is 7.11 Å². The molecule has 0 bridgehead atoms. The lowest BCUT2D eigenvalue weighted by Crippen LogP contribution is -2.36. The number of Topliss-reactive ketones (excluding diaryl/α,β-unsaturated/α-hetero) is 1. The van der Waals surface area contributed by atoms with Gasteiger partial charge in [0.05, 0.1) is 17.9 Å². The van der Waals surface area contributed by atoms with Crippen LogP contribution >= 0.6 is 15.9 Å². The number of rotatable bonds is 2. The molecule has 4 heteroatoms. The van der Waals surface area contributed by atoms with E-state index in [0.29, 0.717) is 6.42 Å². The molecular formula is C10H15BrO3. The number of ether oxygens (including phenoxy) is 1. The summed E-state index contributed by atoms with van der Waals surface area (Å²) in [7, 11) is 1.38. The van der Waals surface area contributed by atoms with Crippen LogP contribution in [0, 0.1) is 11.8 Å². The standard InChI is InChI=1S/C10H15BrO3/c1-6(10(13)14-2)7-4-3-5-8(12)9(7)11/h6-7,9H,3-5H2,1-2H3. The van der Waals surface area contributed by atoms with E-state index in [-0.39, 0.29) is 28.4 Å². The molecule has 0 saturated heterocycles. The second kappa shape index (κ2) is 4.91. The maximum atomic E-state index is 11.4. The van der Waals surface area contributed by atoms with Crippen molar-refractivity contribution in [2.24, 2.45) is 11.8 Å². The molecular weight excluding hydrogens is 248 g/mol. The van der Waals surface area contributed by atoms with Crippen molar-refractivity contribution in [2.75, 3.05) is 7.11 Å². The molecule has 1 aliphatic carbocycles. The van der Waals surface area contributed by atoms with Gasteiger partial charge in [0, 0.05) is 6.42 Å². The van der Waals surface area contributed by atoms with Crippen LogP contribution in [0.1, 0.15) is 26.2 Å². The van der Waals surface area contributed by atoms with Crippen LogP contribution in [0.25, 0.3) is 0 Å². The molecule has 14 heavy (non-hydrogen) atoms. The molecule has 1 aliphatic rings. The van der Waals surface area contributed by atoms with Gasteiger partial charge in [0.2, 0.25) is 0 Å². The number of halogens is 1. The number of hydrogen-bond donors (Lipinski definition) is 0. The van der Waals surface area contributed by atoms with Crippen LogP contribution in [0.15, 0.2) is 0 Å². The van der Waals surface area contributed by atoms with Crippen LogP contribution < -0.4 is 0 Å². The van der Waals surface area contributed by atoms with Crippen LogP contribution in [0.4, 0.5) is 0 Å². The van der Waals surface area contributed by atoms with Crippen molar-refractivity contribution in [2.45, 2.75) is 31.0 Å². The quantitative estimate of drug-likeness (QED) is 0.564. The SMILES string of the molecule is COC(=O)C(C)C1CCCC(=O)C1Br. The van der Waals surface area contributed by atoms with Gasteiger partial charge in [0.25, 0.3) is 0 Å². The maximum absolute atomic E-state index is 11.4. The van der Waals surface area contributed by atoms with Gasteiger partial charge in [-0.1, -0.05) is 22.9 Å². The molecule has 0 heterocycles. The monoisotopic (exact) mass is 262 g/mol. The summed E-state index contributed by atoms with van der Waals surface area (Å²) < 4.78 is 4.68. The van der Waals surface area contributed by atoms with Gasteiger partial charge in [-0.25, -0.2) is 0 Å². The summed E-state index contributed by atoms with van der Waals surface area (Å²) in [5.41, 5.74) is 0. The highest BCUT2D eigenvalue weighted by Crippen LogP contribution is 2.33. The van der Waals surface area contributed by atoms with Crippen molar-refractivity contribution in [3.8, 4) is 0 Å². The first-order chi connectivity index (χ1) is 6.57. The van der Waals surface area contributed by atoms with E-state index in [0.717, 1.165) is 12.8 Å². The molecule has 0 spiro atoms. The van der Waals surface area contributed by atoms with Crippen LogP contribution in [-0.2, 0) is 14.3 Å². The van der Waals surface area contributed by atoms with Gasteiger partial charge in [-0.3, -0.25) is 9.59 Å². The number of carbonyl (C=O) groups is 2. The number of hydrogen-bond acceptors (Lipinski definition) is 3. The van der Waals surface area contributed by atoms with Crippen molar-refractivity contribution in [1.29, 1.82) is 0 Å². The third-order valence-electron chi connectivity index (χ3n) is 2.86. The minimum absolute atomic E-state index is 0.0868. The van der Waals surface area contributed by atoms with E-state index in [2.05, 4.69) is 20.7 Å². The van der Waals surface area contributed by atoms with Crippen molar-refractivity contribution in [1.82, 2.24) is 0 Å². The average Bonchev–Trinajstić information content (AvgIpc) is 2.20. The van der Waals surface area contributed by atoms with Gasteiger partial charge < -0.3 is 4.74 Å². The number of esters is 1. The van der Waals surface area contributed by atoms with E-state index in [1.54, 1.807) is 0 Å². The fourth-order valence-electron chi connectivity index (χ4n) is 1.90. The summed E-state index contributed by atoms with van der Waals surface area (Å²) in [6.45, 7) is 1.82. The fraction of sp³-hybridized carbons (Fsp3) is 0.800. The van der Waals surface area contributed by atoms with Gasteiger partial charge in [-0.2, -0.15) is 0 Å². The van der Waals surface area contributed by atoms with Crippen LogP contribution in [0.2, 0.25) is 0 Å². The fourth-order valence-corrected chi connectivity index (χ4v) is 2.85. The molecule has 0 aromatic rings. The zero-order valence-corrected chi connectivity index (χ0v) is 10.0. The topological polar surface area (TPSA) is 43.4 Å². The molecule has 0 radical (unpaired) electrons. The first-order valence-corrected chi connectivity index (χ1v) is 5.74. The van der Waals surface area contributed by atoms with E-state index in [4.69, 9.17) is 0 Å². The summed E-state index contributed by atoms with van der Waals surface area (Å²) in [6.07, 6.45) is 2.42. The third kappa shape index (κ3) is 2.35. The Labute approximate surface area is 92.3 Å². The zero-order valence-electron chi connectivity index (χ0n) is 8.46. The molecule has 3 unspecified atom stereocenters. The van der Waals surface area contributed by atoms with Gasteiger partial charge in [0.15, 0.2) is 0 Å². The van der Waals surface area contributed by atoms with Gasteiger partial charge >= 0.3 is 5.97 Å². The Morgan fingerprint density at radius 1 is 1.64 bits per heavy atom. The van der Waals surface area contributed by atoms with Crippen molar-refractivity contribution < 1.29 is 14.3 Å². The molecule has 3 nitrogen and oxygen atoms in total. The predicted octanol–water partition coefficient (Wildman–Crippen LogP) is 1.93. The minimum Gasteiger partial charge on any atom is -0.469 e. The highest BCUT2D eigenvalue weighted by molar-refractivity contribution is 9.10. The van der Waals surface area contributed by atoms with Crippen molar-refractivity contribution in [3.05, 3.63) is 0 Å². The Hall–Kier alpha value is -0.380. The number of carbonyl (C=O) groups excluding carboxylic acids is 2. The van der Waals surface area contributed by atoms with E-state index in [1.807, 2.05) is 6.92 Å². The molecule has 1 rings (SSSR count). The average molecular weight is 263 g/mol. The molecule has 0 aromatic heterocycles. The van der Waals surface area contributed by atoms with Crippen molar-refractivity contribution >= 4 is 27.7 Å². The first-order valence-electron chi connectivity index (χ1n) is 4.82. The molecule has 1 saturated carbocycles. The second-order valence-electron chi connectivity index (χ2n) is 3.74. The lowest BCUT2D eigenvalue weighted by molar-refractivity contribution is -0.147. The summed E-state index contributed by atoms with van der Waals surface area (Å²) >= 11 is 3.36. The van der Waals surface area contributed by atoms with Crippen LogP contribution in [-0.4, -0.2) is 23.7 Å². The van der Waals surface area contributed by atoms with Crippen LogP contribution in [0.3, 0.4) is 0 Å². The van der Waals surface area contributed by atoms with Gasteiger partial charge in [-0.15, -0.1) is 0 Å². The van der Waals surface area contributed by atoms with Crippen molar-refractivity contribution in [3.63, 3.8) is 0 Å². The van der Waals surface area contributed by atoms with Gasteiger partial charge in [0.1, 0.15) is 5.78 Å². The molecule has 3 atom stereocenters. The Bertz CT molecular complexity index is 240. The molecule has 0 aromatic carbocycles. The molecule has 80 valence electrons. The Kier molecular flexibility index (Phi) is 4.11. The summed E-state index contributed by atoms with van der Waals surface area (Å²) in [5.74, 6) is -0.136. The molecule has 1 fully saturated rings. The second-order valence-corrected chi connectivity index (χ2v) is 4.72. The van der Waals surface area contributed by atoms with E-state index >= 15 is 0 Å². The highest BCUT2D eigenvalue weighted by atomic mass is 79.9.